The molecule has 2 amide bonds. The Labute approximate surface area is 165 Å². The molecule has 1 aliphatic rings. The average Bonchev–Trinajstić information content (AvgIpc) is 3.25. The molecule has 1 atom stereocenters. The van der Waals surface area contributed by atoms with Gasteiger partial charge >= 0.3 is 0 Å². The highest BCUT2D eigenvalue weighted by molar-refractivity contribution is 5.94. The molecule has 1 fully saturated rings. The number of benzene rings is 2. The van der Waals surface area contributed by atoms with E-state index in [0.717, 1.165) is 31.6 Å². The van der Waals surface area contributed by atoms with Crippen LogP contribution in [0.3, 0.4) is 0 Å². The van der Waals surface area contributed by atoms with Gasteiger partial charge in [-0.25, -0.2) is 0 Å². The number of rotatable bonds is 9. The van der Waals surface area contributed by atoms with Crippen LogP contribution in [-0.2, 0) is 16.0 Å². The Morgan fingerprint density at radius 3 is 2.50 bits per heavy atom. The fraction of sp³-hybridized carbons (Fsp3) is 0.364. The Hall–Kier alpha value is -2.86. The van der Waals surface area contributed by atoms with Crippen LogP contribution < -0.4 is 16.0 Å². The minimum absolute atomic E-state index is 0.0608. The molecule has 148 valence electrons. The van der Waals surface area contributed by atoms with Crippen molar-refractivity contribution in [3.8, 4) is 0 Å². The molecule has 0 bridgehead atoms. The Kier molecular flexibility index (Phi) is 7.44. The van der Waals surface area contributed by atoms with E-state index in [1.165, 1.54) is 5.56 Å². The molecule has 1 heterocycles. The summed E-state index contributed by atoms with van der Waals surface area (Å²) < 4.78 is 5.50. The predicted molar refractivity (Wildman–Crippen MR) is 109 cm³/mol. The quantitative estimate of drug-likeness (QED) is 0.623. The average molecular weight is 381 g/mol. The number of hydrogen-bond acceptors (Lipinski definition) is 4. The number of carbonyl (C=O) groups excluding carboxylic acids is 2. The van der Waals surface area contributed by atoms with Crippen molar-refractivity contribution >= 4 is 17.5 Å². The van der Waals surface area contributed by atoms with Gasteiger partial charge < -0.3 is 20.7 Å². The molecule has 0 spiro atoms. The second kappa shape index (κ2) is 10.5. The highest BCUT2D eigenvalue weighted by atomic mass is 16.5. The third-order valence-electron chi connectivity index (χ3n) is 4.69. The maximum Gasteiger partial charge on any atom is 0.251 e. The Balaban J connectivity index is 1.35. The van der Waals surface area contributed by atoms with Gasteiger partial charge in [-0.2, -0.15) is 0 Å². The van der Waals surface area contributed by atoms with E-state index in [1.54, 1.807) is 24.3 Å². The zero-order chi connectivity index (χ0) is 19.6. The van der Waals surface area contributed by atoms with E-state index < -0.39 is 0 Å². The highest BCUT2D eigenvalue weighted by Gasteiger charge is 2.16. The summed E-state index contributed by atoms with van der Waals surface area (Å²) in [4.78, 5) is 24.1. The van der Waals surface area contributed by atoms with Crippen LogP contribution in [0.2, 0.25) is 0 Å². The summed E-state index contributed by atoms with van der Waals surface area (Å²) in [5, 5.41) is 8.87. The van der Waals surface area contributed by atoms with Crippen LogP contribution in [0.25, 0.3) is 0 Å². The monoisotopic (exact) mass is 381 g/mol. The summed E-state index contributed by atoms with van der Waals surface area (Å²) >= 11 is 0. The molecule has 3 rings (SSSR count). The van der Waals surface area contributed by atoms with Crippen LogP contribution in [-0.4, -0.2) is 44.2 Å². The number of anilines is 1. The zero-order valence-electron chi connectivity index (χ0n) is 15.9. The van der Waals surface area contributed by atoms with Crippen LogP contribution in [0.5, 0.6) is 0 Å². The van der Waals surface area contributed by atoms with Crippen molar-refractivity contribution in [1.29, 1.82) is 0 Å². The third kappa shape index (κ3) is 6.39. The lowest BCUT2D eigenvalue weighted by Gasteiger charge is -2.11. The first-order valence-corrected chi connectivity index (χ1v) is 9.75. The minimum atomic E-state index is -0.110. The Morgan fingerprint density at radius 2 is 1.79 bits per heavy atom. The molecular formula is C22H27N3O3. The van der Waals surface area contributed by atoms with E-state index in [0.29, 0.717) is 18.7 Å². The van der Waals surface area contributed by atoms with Gasteiger partial charge in [0.1, 0.15) is 0 Å². The van der Waals surface area contributed by atoms with Crippen LogP contribution in [0.15, 0.2) is 54.6 Å². The zero-order valence-corrected chi connectivity index (χ0v) is 15.9. The van der Waals surface area contributed by atoms with Crippen LogP contribution in [0, 0.1) is 0 Å². The van der Waals surface area contributed by atoms with Gasteiger partial charge in [-0.3, -0.25) is 9.59 Å². The summed E-state index contributed by atoms with van der Waals surface area (Å²) in [6, 6.07) is 17.2. The van der Waals surface area contributed by atoms with Crippen molar-refractivity contribution in [3.63, 3.8) is 0 Å². The minimum Gasteiger partial charge on any atom is -0.376 e. The molecule has 28 heavy (non-hydrogen) atoms. The normalized spacial score (nSPS) is 15.8. The molecule has 3 N–H and O–H groups in total. The molecule has 6 heteroatoms. The molecule has 0 aliphatic carbocycles. The standard InChI is InChI=1S/C22H27N3O3/c26-21(23-13-12-17-5-2-1-3-6-17)16-24-19-10-8-18(9-11-19)22(27)25-15-20-7-4-14-28-20/h1-3,5-6,8-11,20,24H,4,7,12-16H2,(H,23,26)(H,25,27). The summed E-state index contributed by atoms with van der Waals surface area (Å²) in [5.74, 6) is -0.171. The fourth-order valence-electron chi connectivity index (χ4n) is 3.09. The first-order chi connectivity index (χ1) is 13.7. The SMILES string of the molecule is O=C(CNc1ccc(C(=O)NCC2CCCO2)cc1)NCCc1ccccc1. The first kappa shape index (κ1) is 19.9. The van der Waals surface area contributed by atoms with Crippen molar-refractivity contribution < 1.29 is 14.3 Å². The fourth-order valence-corrected chi connectivity index (χ4v) is 3.09. The Bertz CT molecular complexity index is 756. The highest BCUT2D eigenvalue weighted by Crippen LogP contribution is 2.12. The van der Waals surface area contributed by atoms with Crippen molar-refractivity contribution in [2.24, 2.45) is 0 Å². The second-order valence-corrected chi connectivity index (χ2v) is 6.86. The first-order valence-electron chi connectivity index (χ1n) is 9.75. The van der Waals surface area contributed by atoms with E-state index in [9.17, 15) is 9.59 Å². The van der Waals surface area contributed by atoms with E-state index >= 15 is 0 Å². The summed E-state index contributed by atoms with van der Waals surface area (Å²) in [6.45, 7) is 2.12. The number of ether oxygens (including phenoxy) is 1. The molecule has 6 nitrogen and oxygen atoms in total. The number of nitrogens with one attached hydrogen (secondary N) is 3. The molecule has 0 saturated carbocycles. The van der Waals surface area contributed by atoms with Crippen molar-refractivity contribution in [1.82, 2.24) is 10.6 Å². The topological polar surface area (TPSA) is 79.5 Å². The smallest absolute Gasteiger partial charge is 0.251 e. The van der Waals surface area contributed by atoms with E-state index in [1.807, 2.05) is 30.3 Å². The van der Waals surface area contributed by atoms with Gasteiger partial charge in [0, 0.05) is 30.9 Å². The molecule has 1 aliphatic heterocycles. The summed E-state index contributed by atoms with van der Waals surface area (Å²) in [5.41, 5.74) is 2.59. The molecule has 1 unspecified atom stereocenters. The number of carbonyl (C=O) groups is 2. The predicted octanol–water partition coefficient (Wildman–Crippen LogP) is 2.37. The third-order valence-corrected chi connectivity index (χ3v) is 4.69. The second-order valence-electron chi connectivity index (χ2n) is 6.86. The van der Waals surface area contributed by atoms with E-state index in [2.05, 4.69) is 16.0 Å². The van der Waals surface area contributed by atoms with Crippen molar-refractivity contribution in [3.05, 3.63) is 65.7 Å². The number of amides is 2. The van der Waals surface area contributed by atoms with Gasteiger partial charge in [-0.05, 0) is 49.1 Å². The van der Waals surface area contributed by atoms with Gasteiger partial charge in [0.15, 0.2) is 0 Å². The summed E-state index contributed by atoms with van der Waals surface area (Å²) in [6.07, 6.45) is 2.99. The van der Waals surface area contributed by atoms with Gasteiger partial charge in [0.05, 0.1) is 12.6 Å². The lowest BCUT2D eigenvalue weighted by molar-refractivity contribution is -0.119. The van der Waals surface area contributed by atoms with Crippen LogP contribution in [0.1, 0.15) is 28.8 Å². The van der Waals surface area contributed by atoms with E-state index in [4.69, 9.17) is 4.74 Å². The van der Waals surface area contributed by atoms with Crippen LogP contribution in [0.4, 0.5) is 5.69 Å². The molecule has 2 aromatic carbocycles. The summed E-state index contributed by atoms with van der Waals surface area (Å²) in [7, 11) is 0. The lowest BCUT2D eigenvalue weighted by Crippen LogP contribution is -2.32. The molecule has 0 aromatic heterocycles. The molecule has 0 radical (unpaired) electrons. The van der Waals surface area contributed by atoms with Gasteiger partial charge in [0.2, 0.25) is 5.91 Å². The molecular weight excluding hydrogens is 354 g/mol. The van der Waals surface area contributed by atoms with E-state index in [-0.39, 0.29) is 24.5 Å². The Morgan fingerprint density at radius 1 is 1.00 bits per heavy atom. The van der Waals surface area contributed by atoms with Gasteiger partial charge in [0.25, 0.3) is 5.91 Å². The van der Waals surface area contributed by atoms with Crippen molar-refractivity contribution in [2.75, 3.05) is 31.6 Å². The maximum absolute atomic E-state index is 12.2. The van der Waals surface area contributed by atoms with Gasteiger partial charge in [-0.1, -0.05) is 30.3 Å². The van der Waals surface area contributed by atoms with Crippen LogP contribution >= 0.6 is 0 Å². The molecule has 2 aromatic rings. The van der Waals surface area contributed by atoms with Crippen molar-refractivity contribution in [2.45, 2.75) is 25.4 Å². The largest absolute Gasteiger partial charge is 0.376 e. The molecule has 1 saturated heterocycles. The van der Waals surface area contributed by atoms with Gasteiger partial charge in [-0.15, -0.1) is 0 Å². The maximum atomic E-state index is 12.2. The number of hydrogen-bond donors (Lipinski definition) is 3. The lowest BCUT2D eigenvalue weighted by atomic mass is 10.1.